The summed E-state index contributed by atoms with van der Waals surface area (Å²) < 4.78 is 12.9. The molecule has 7 heteroatoms. The highest BCUT2D eigenvalue weighted by Crippen LogP contribution is 2.14. The number of aromatic nitrogens is 2. The van der Waals surface area contributed by atoms with E-state index in [2.05, 4.69) is 9.97 Å². The second-order valence-corrected chi connectivity index (χ2v) is 5.22. The van der Waals surface area contributed by atoms with E-state index in [1.807, 2.05) is 6.07 Å². The third kappa shape index (κ3) is 3.43. The average molecular weight is 311 g/mol. The minimum Gasteiger partial charge on any atom is -0.335 e. The summed E-state index contributed by atoms with van der Waals surface area (Å²) in [5, 5.41) is 8.88. The van der Waals surface area contributed by atoms with Gasteiger partial charge >= 0.3 is 0 Å². The molecule has 0 spiro atoms. The Hall–Kier alpha value is -3.01. The Bertz CT molecular complexity index is 756. The molecule has 0 saturated carbocycles. The van der Waals surface area contributed by atoms with Crippen LogP contribution in [0.25, 0.3) is 0 Å². The largest absolute Gasteiger partial charge is 0.335 e. The van der Waals surface area contributed by atoms with Crippen molar-refractivity contribution in [3.05, 3.63) is 53.6 Å². The number of rotatable bonds is 3. The smallest absolute Gasteiger partial charge is 0.242 e. The lowest BCUT2D eigenvalue weighted by molar-refractivity contribution is -0.131. The molecule has 2 heterocycles. The van der Waals surface area contributed by atoms with Gasteiger partial charge in [0.1, 0.15) is 24.1 Å². The lowest BCUT2D eigenvalue weighted by atomic mass is 10.2. The van der Waals surface area contributed by atoms with Crippen molar-refractivity contribution in [3.8, 4) is 6.07 Å². The number of hydrogen-bond acceptors (Lipinski definition) is 5. The maximum atomic E-state index is 12.9. The first kappa shape index (κ1) is 14.9. The van der Waals surface area contributed by atoms with Gasteiger partial charge in [0.25, 0.3) is 0 Å². The van der Waals surface area contributed by atoms with Crippen molar-refractivity contribution in [2.75, 3.05) is 24.5 Å². The zero-order valence-electron chi connectivity index (χ0n) is 12.3. The molecule has 1 aliphatic heterocycles. The fourth-order valence-electron chi connectivity index (χ4n) is 2.42. The van der Waals surface area contributed by atoms with Gasteiger partial charge in [0, 0.05) is 25.8 Å². The molecule has 1 fully saturated rings. The fraction of sp³-hybridized carbons (Fsp3) is 0.250. The zero-order valence-corrected chi connectivity index (χ0v) is 12.3. The van der Waals surface area contributed by atoms with Crippen molar-refractivity contribution in [1.82, 2.24) is 14.9 Å². The summed E-state index contributed by atoms with van der Waals surface area (Å²) in [5.74, 6) is 0.0461. The molecule has 3 rings (SSSR count). The van der Waals surface area contributed by atoms with Crippen LogP contribution in [0.2, 0.25) is 0 Å². The van der Waals surface area contributed by atoms with Gasteiger partial charge < -0.3 is 9.80 Å². The van der Waals surface area contributed by atoms with Crippen LogP contribution in [-0.2, 0) is 11.3 Å². The normalized spacial score (nSPS) is 14.7. The van der Waals surface area contributed by atoms with Gasteiger partial charge in [-0.05, 0) is 23.8 Å². The molecule has 0 bridgehead atoms. The van der Waals surface area contributed by atoms with Crippen LogP contribution in [0.3, 0.4) is 0 Å². The second-order valence-electron chi connectivity index (χ2n) is 5.22. The number of carbonyl (C=O) groups is 1. The molecule has 0 aliphatic carbocycles. The summed E-state index contributed by atoms with van der Waals surface area (Å²) in [7, 11) is 0. The van der Waals surface area contributed by atoms with E-state index in [9.17, 15) is 9.18 Å². The highest BCUT2D eigenvalue weighted by molar-refractivity contribution is 5.82. The van der Waals surface area contributed by atoms with Gasteiger partial charge in [0.05, 0.1) is 0 Å². The molecular weight excluding hydrogens is 297 g/mol. The molecule has 23 heavy (non-hydrogen) atoms. The van der Waals surface area contributed by atoms with Crippen molar-refractivity contribution in [3.63, 3.8) is 0 Å². The SMILES string of the molecule is N#Cc1ccnc(N2CCN(Cc3ccc(F)cc3)C(=O)C2)n1. The van der Waals surface area contributed by atoms with Crippen molar-refractivity contribution in [2.24, 2.45) is 0 Å². The molecule has 1 aliphatic rings. The van der Waals surface area contributed by atoms with Crippen LogP contribution in [0.15, 0.2) is 36.5 Å². The topological polar surface area (TPSA) is 73.1 Å². The molecule has 0 radical (unpaired) electrons. The highest BCUT2D eigenvalue weighted by Gasteiger charge is 2.25. The third-order valence-electron chi connectivity index (χ3n) is 3.65. The van der Waals surface area contributed by atoms with Gasteiger partial charge in [-0.15, -0.1) is 0 Å². The number of anilines is 1. The van der Waals surface area contributed by atoms with Gasteiger partial charge in [-0.25, -0.2) is 14.4 Å². The Kier molecular flexibility index (Phi) is 4.15. The number of nitriles is 1. The molecule has 1 aromatic heterocycles. The van der Waals surface area contributed by atoms with E-state index in [1.54, 1.807) is 21.9 Å². The van der Waals surface area contributed by atoms with Gasteiger partial charge in [-0.3, -0.25) is 4.79 Å². The molecular formula is C16H14FN5O. The molecule has 1 saturated heterocycles. The molecule has 0 atom stereocenters. The number of hydrogen-bond donors (Lipinski definition) is 0. The summed E-state index contributed by atoms with van der Waals surface area (Å²) in [4.78, 5) is 24.0. The van der Waals surface area contributed by atoms with Gasteiger partial charge in [0.2, 0.25) is 11.9 Å². The van der Waals surface area contributed by atoms with Crippen molar-refractivity contribution < 1.29 is 9.18 Å². The standard InChI is InChI=1S/C16H14FN5O/c17-13-3-1-12(2-4-13)10-21-7-8-22(11-15(21)23)16-19-6-5-14(9-18)20-16/h1-6H,7-8,10-11H2. The first-order valence-corrected chi connectivity index (χ1v) is 7.16. The van der Waals surface area contributed by atoms with Crippen molar-refractivity contribution in [2.45, 2.75) is 6.54 Å². The monoisotopic (exact) mass is 311 g/mol. The third-order valence-corrected chi connectivity index (χ3v) is 3.65. The van der Waals surface area contributed by atoms with Crippen LogP contribution in [0.4, 0.5) is 10.3 Å². The summed E-state index contributed by atoms with van der Waals surface area (Å²) in [6.45, 7) is 1.72. The van der Waals surface area contributed by atoms with E-state index in [0.29, 0.717) is 25.6 Å². The Morgan fingerprint density at radius 1 is 1.22 bits per heavy atom. The van der Waals surface area contributed by atoms with Gasteiger partial charge in [0.15, 0.2) is 0 Å². The maximum Gasteiger partial charge on any atom is 0.242 e. The quantitative estimate of drug-likeness (QED) is 0.855. The predicted octanol–water partition coefficient (Wildman–Crippen LogP) is 1.34. The molecule has 0 N–H and O–H groups in total. The average Bonchev–Trinajstić information content (AvgIpc) is 2.58. The van der Waals surface area contributed by atoms with E-state index >= 15 is 0 Å². The Balaban J connectivity index is 1.66. The number of amides is 1. The summed E-state index contributed by atoms with van der Waals surface area (Å²) in [5.41, 5.74) is 1.16. The fourth-order valence-corrected chi connectivity index (χ4v) is 2.42. The van der Waals surface area contributed by atoms with E-state index < -0.39 is 0 Å². The van der Waals surface area contributed by atoms with Crippen LogP contribution in [0.5, 0.6) is 0 Å². The molecule has 116 valence electrons. The van der Waals surface area contributed by atoms with Crippen LogP contribution >= 0.6 is 0 Å². The van der Waals surface area contributed by atoms with E-state index in [0.717, 1.165) is 5.56 Å². The first-order valence-electron chi connectivity index (χ1n) is 7.16. The van der Waals surface area contributed by atoms with Crippen LogP contribution in [0, 0.1) is 17.1 Å². The molecule has 6 nitrogen and oxygen atoms in total. The molecule has 0 unspecified atom stereocenters. The van der Waals surface area contributed by atoms with Crippen LogP contribution in [-0.4, -0.2) is 40.4 Å². The lowest BCUT2D eigenvalue weighted by Crippen LogP contribution is -2.50. The van der Waals surface area contributed by atoms with Crippen molar-refractivity contribution in [1.29, 1.82) is 5.26 Å². The van der Waals surface area contributed by atoms with E-state index in [4.69, 9.17) is 5.26 Å². The van der Waals surface area contributed by atoms with Gasteiger partial charge in [-0.2, -0.15) is 5.26 Å². The molecule has 2 aromatic rings. The Morgan fingerprint density at radius 2 is 2.00 bits per heavy atom. The maximum absolute atomic E-state index is 12.9. The number of carbonyl (C=O) groups excluding carboxylic acids is 1. The first-order chi connectivity index (χ1) is 11.2. The summed E-state index contributed by atoms with van der Waals surface area (Å²) >= 11 is 0. The van der Waals surface area contributed by atoms with E-state index in [1.165, 1.54) is 24.4 Å². The lowest BCUT2D eigenvalue weighted by Gasteiger charge is -2.34. The van der Waals surface area contributed by atoms with E-state index in [-0.39, 0.29) is 24.0 Å². The highest BCUT2D eigenvalue weighted by atomic mass is 19.1. The number of halogens is 1. The van der Waals surface area contributed by atoms with Crippen LogP contribution in [0.1, 0.15) is 11.3 Å². The minimum atomic E-state index is -0.292. The van der Waals surface area contributed by atoms with Crippen molar-refractivity contribution >= 4 is 11.9 Å². The number of piperazine rings is 1. The minimum absolute atomic E-state index is 0.0495. The number of nitrogens with zero attached hydrogens (tertiary/aromatic N) is 5. The summed E-state index contributed by atoms with van der Waals surface area (Å²) in [6, 6.07) is 9.61. The second kappa shape index (κ2) is 6.40. The zero-order chi connectivity index (χ0) is 16.2. The predicted molar refractivity (Wildman–Crippen MR) is 80.8 cm³/mol. The molecule has 1 amide bonds. The van der Waals surface area contributed by atoms with Gasteiger partial charge in [-0.1, -0.05) is 12.1 Å². The molecule has 1 aromatic carbocycles. The Labute approximate surface area is 132 Å². The summed E-state index contributed by atoms with van der Waals surface area (Å²) in [6.07, 6.45) is 1.51. The number of benzene rings is 1. The van der Waals surface area contributed by atoms with Crippen LogP contribution < -0.4 is 4.90 Å². The Morgan fingerprint density at radius 3 is 2.70 bits per heavy atom.